The summed E-state index contributed by atoms with van der Waals surface area (Å²) in [5.41, 5.74) is 7.59. The van der Waals surface area contributed by atoms with Gasteiger partial charge in [0.1, 0.15) is 5.84 Å². The Morgan fingerprint density at radius 3 is 2.55 bits per heavy atom. The average molecular weight is 153 g/mol. The number of nitrogens with two attached hydrogens (primary N) is 1. The lowest BCUT2D eigenvalue weighted by Crippen LogP contribution is -2.22. The van der Waals surface area contributed by atoms with E-state index in [-0.39, 0.29) is 5.84 Å². The van der Waals surface area contributed by atoms with Crippen LogP contribution in [0.1, 0.15) is 25.7 Å². The summed E-state index contributed by atoms with van der Waals surface area (Å²) in [4.78, 5) is 0. The summed E-state index contributed by atoms with van der Waals surface area (Å²) in [5, 5.41) is 10.4. The minimum atomic E-state index is 0.231. The first-order valence-corrected chi connectivity index (χ1v) is 4.00. The summed E-state index contributed by atoms with van der Waals surface area (Å²) in [6.45, 7) is 0. The van der Waals surface area contributed by atoms with Crippen LogP contribution in [-0.2, 0) is 0 Å². The van der Waals surface area contributed by atoms with E-state index in [0.717, 1.165) is 24.1 Å². The van der Waals surface area contributed by atoms with Crippen LogP contribution in [0.25, 0.3) is 0 Å². The van der Waals surface area contributed by atoms with Gasteiger partial charge in [0.25, 0.3) is 0 Å². The van der Waals surface area contributed by atoms with Crippen molar-refractivity contribution in [1.82, 2.24) is 5.32 Å². The maximum atomic E-state index is 7.30. The molecule has 0 radical (unpaired) electrons. The van der Waals surface area contributed by atoms with E-state index in [1.54, 1.807) is 0 Å². The molecule has 0 saturated carbocycles. The van der Waals surface area contributed by atoms with Crippen molar-refractivity contribution < 1.29 is 0 Å². The van der Waals surface area contributed by atoms with E-state index in [2.05, 4.69) is 5.32 Å². The minimum absolute atomic E-state index is 0.231. The molecule has 0 aromatic carbocycles. The van der Waals surface area contributed by atoms with Gasteiger partial charge < -0.3 is 11.1 Å². The third kappa shape index (κ3) is 1.73. The monoisotopic (exact) mass is 153 g/mol. The molecule has 0 fully saturated rings. The first-order chi connectivity index (χ1) is 5.25. The second-order valence-corrected chi connectivity index (χ2v) is 2.83. The van der Waals surface area contributed by atoms with Crippen molar-refractivity contribution in [3.8, 4) is 0 Å². The van der Waals surface area contributed by atoms with Crippen LogP contribution in [-0.4, -0.2) is 12.9 Å². The smallest absolute Gasteiger partial charge is 0.120 e. The number of amidine groups is 1. The molecular formula is C8H15N3. The molecule has 0 aliphatic heterocycles. The molecule has 0 heterocycles. The van der Waals surface area contributed by atoms with Crippen LogP contribution in [0.15, 0.2) is 11.3 Å². The maximum absolute atomic E-state index is 7.30. The van der Waals surface area contributed by atoms with Crippen molar-refractivity contribution in [2.45, 2.75) is 25.7 Å². The quantitative estimate of drug-likeness (QED) is 0.409. The van der Waals surface area contributed by atoms with Gasteiger partial charge in [-0.15, -0.1) is 0 Å². The van der Waals surface area contributed by atoms with E-state index in [0.29, 0.717) is 0 Å². The zero-order valence-electron chi connectivity index (χ0n) is 6.91. The molecule has 0 amide bonds. The molecule has 3 heteroatoms. The van der Waals surface area contributed by atoms with Crippen LogP contribution >= 0.6 is 0 Å². The van der Waals surface area contributed by atoms with E-state index in [1.807, 2.05) is 7.05 Å². The van der Waals surface area contributed by atoms with Gasteiger partial charge in [-0.25, -0.2) is 0 Å². The molecule has 1 aliphatic carbocycles. The van der Waals surface area contributed by atoms with Crippen LogP contribution in [0, 0.1) is 5.41 Å². The lowest BCUT2D eigenvalue weighted by molar-refractivity contribution is 0.653. The highest BCUT2D eigenvalue weighted by atomic mass is 14.8. The Bertz CT molecular complexity index is 194. The van der Waals surface area contributed by atoms with Gasteiger partial charge in [-0.3, -0.25) is 5.41 Å². The Balaban J connectivity index is 2.81. The van der Waals surface area contributed by atoms with Gasteiger partial charge in [0.05, 0.1) is 0 Å². The second-order valence-electron chi connectivity index (χ2n) is 2.83. The third-order valence-corrected chi connectivity index (χ3v) is 2.09. The van der Waals surface area contributed by atoms with Crippen molar-refractivity contribution in [2.24, 2.45) is 5.73 Å². The maximum Gasteiger partial charge on any atom is 0.120 e. The fourth-order valence-corrected chi connectivity index (χ4v) is 1.48. The lowest BCUT2D eigenvalue weighted by Gasteiger charge is -2.18. The molecule has 62 valence electrons. The fourth-order valence-electron chi connectivity index (χ4n) is 1.48. The normalized spacial score (nSPS) is 18.3. The molecule has 0 aromatic rings. The highest BCUT2D eigenvalue weighted by Crippen LogP contribution is 2.21. The predicted octanol–water partition coefficient (Wildman–Crippen LogP) is 0.970. The highest BCUT2D eigenvalue weighted by Gasteiger charge is 2.12. The second kappa shape index (κ2) is 3.42. The highest BCUT2D eigenvalue weighted by molar-refractivity contribution is 5.95. The summed E-state index contributed by atoms with van der Waals surface area (Å²) in [7, 11) is 1.89. The molecule has 11 heavy (non-hydrogen) atoms. The van der Waals surface area contributed by atoms with Crippen LogP contribution in [0.4, 0.5) is 0 Å². The molecule has 1 rings (SSSR count). The van der Waals surface area contributed by atoms with Gasteiger partial charge >= 0.3 is 0 Å². The predicted molar refractivity (Wildman–Crippen MR) is 46.5 cm³/mol. The zero-order valence-corrected chi connectivity index (χ0v) is 6.91. The van der Waals surface area contributed by atoms with Crippen LogP contribution in [0.2, 0.25) is 0 Å². The van der Waals surface area contributed by atoms with Gasteiger partial charge in [0.2, 0.25) is 0 Å². The molecular weight excluding hydrogens is 138 g/mol. The number of allylic oxidation sites excluding steroid dienone is 1. The van der Waals surface area contributed by atoms with Crippen LogP contribution in [0.3, 0.4) is 0 Å². The summed E-state index contributed by atoms with van der Waals surface area (Å²) >= 11 is 0. The Kier molecular flexibility index (Phi) is 2.52. The van der Waals surface area contributed by atoms with Gasteiger partial charge in [0.15, 0.2) is 0 Å². The van der Waals surface area contributed by atoms with Crippen molar-refractivity contribution in [1.29, 1.82) is 5.41 Å². The number of nitrogens with one attached hydrogen (secondary N) is 2. The van der Waals surface area contributed by atoms with Crippen molar-refractivity contribution in [2.75, 3.05) is 7.05 Å². The van der Waals surface area contributed by atoms with Crippen molar-refractivity contribution in [3.63, 3.8) is 0 Å². The minimum Gasteiger partial charge on any atom is -0.391 e. The van der Waals surface area contributed by atoms with E-state index < -0.39 is 0 Å². The zero-order chi connectivity index (χ0) is 8.27. The standard InChI is InChI=1S/C8H15N3/c1-11-7-5-3-2-4-6(7)8(9)10/h11H,2-5H2,1H3,(H3,9,10). The van der Waals surface area contributed by atoms with Gasteiger partial charge in [-0.05, 0) is 25.7 Å². The van der Waals surface area contributed by atoms with E-state index in [4.69, 9.17) is 11.1 Å². The lowest BCUT2D eigenvalue weighted by atomic mass is 9.95. The summed E-state index contributed by atoms with van der Waals surface area (Å²) in [6, 6.07) is 0. The summed E-state index contributed by atoms with van der Waals surface area (Å²) < 4.78 is 0. The Morgan fingerprint density at radius 1 is 1.45 bits per heavy atom. The molecule has 0 bridgehead atoms. The molecule has 1 aliphatic rings. The number of hydrogen-bond acceptors (Lipinski definition) is 2. The molecule has 0 saturated heterocycles. The fraction of sp³-hybridized carbons (Fsp3) is 0.625. The topological polar surface area (TPSA) is 61.9 Å². The van der Waals surface area contributed by atoms with Crippen LogP contribution < -0.4 is 11.1 Å². The molecule has 0 unspecified atom stereocenters. The molecule has 3 nitrogen and oxygen atoms in total. The Morgan fingerprint density at radius 2 is 2.09 bits per heavy atom. The average Bonchev–Trinajstić information content (AvgIpc) is 2.04. The molecule has 4 N–H and O–H groups in total. The molecule has 0 atom stereocenters. The summed E-state index contributed by atoms with van der Waals surface area (Å²) in [5.74, 6) is 0.231. The Hall–Kier alpha value is -0.990. The third-order valence-electron chi connectivity index (χ3n) is 2.09. The first-order valence-electron chi connectivity index (χ1n) is 4.00. The largest absolute Gasteiger partial charge is 0.391 e. The molecule has 0 spiro atoms. The SMILES string of the molecule is CNC1=C(C(=N)N)CCCC1. The van der Waals surface area contributed by atoms with Crippen molar-refractivity contribution in [3.05, 3.63) is 11.3 Å². The number of hydrogen-bond donors (Lipinski definition) is 3. The van der Waals surface area contributed by atoms with E-state index in [1.165, 1.54) is 12.8 Å². The van der Waals surface area contributed by atoms with Gasteiger partial charge in [0, 0.05) is 18.3 Å². The molecule has 0 aromatic heterocycles. The van der Waals surface area contributed by atoms with E-state index in [9.17, 15) is 0 Å². The van der Waals surface area contributed by atoms with Crippen molar-refractivity contribution >= 4 is 5.84 Å². The number of rotatable bonds is 2. The van der Waals surface area contributed by atoms with Crippen LogP contribution in [0.5, 0.6) is 0 Å². The van der Waals surface area contributed by atoms with E-state index >= 15 is 0 Å². The Labute approximate surface area is 67.2 Å². The first kappa shape index (κ1) is 8.11. The summed E-state index contributed by atoms with van der Waals surface area (Å²) in [6.07, 6.45) is 4.39. The van der Waals surface area contributed by atoms with Gasteiger partial charge in [-0.1, -0.05) is 0 Å². The van der Waals surface area contributed by atoms with Gasteiger partial charge in [-0.2, -0.15) is 0 Å².